The first-order valence-corrected chi connectivity index (χ1v) is 6.61. The highest BCUT2D eigenvalue weighted by atomic mass is 16.5. The van der Waals surface area contributed by atoms with Gasteiger partial charge < -0.3 is 14.7 Å². The maximum Gasteiger partial charge on any atom is 0.326 e. The molecule has 0 spiro atoms. The van der Waals surface area contributed by atoms with Crippen molar-refractivity contribution >= 4 is 11.9 Å². The lowest BCUT2D eigenvalue weighted by molar-refractivity contribution is -0.149. The Kier molecular flexibility index (Phi) is 6.03. The number of amides is 1. The first-order valence-electron chi connectivity index (χ1n) is 6.61. The van der Waals surface area contributed by atoms with Crippen molar-refractivity contribution in [3.63, 3.8) is 0 Å². The molecule has 0 aromatic heterocycles. The number of carboxylic acid groups (broad SMARTS) is 1. The van der Waals surface area contributed by atoms with E-state index in [0.29, 0.717) is 12.8 Å². The smallest absolute Gasteiger partial charge is 0.326 e. The van der Waals surface area contributed by atoms with Crippen LogP contribution in [-0.4, -0.2) is 42.1 Å². The van der Waals surface area contributed by atoms with Crippen molar-refractivity contribution in [3.05, 3.63) is 29.8 Å². The van der Waals surface area contributed by atoms with Gasteiger partial charge in [-0.1, -0.05) is 19.1 Å². The number of methoxy groups -OCH3 is 1. The molecule has 5 nitrogen and oxygen atoms in total. The molecule has 1 N–H and O–H groups in total. The predicted octanol–water partition coefficient (Wildman–Crippen LogP) is 1.95. The third kappa shape index (κ3) is 4.26. The molecule has 1 rings (SSSR count). The van der Waals surface area contributed by atoms with Gasteiger partial charge in [0.15, 0.2) is 0 Å². The topological polar surface area (TPSA) is 66.8 Å². The second-order valence-electron chi connectivity index (χ2n) is 4.62. The molecule has 0 saturated carbocycles. The number of carbonyl (C=O) groups is 2. The van der Waals surface area contributed by atoms with E-state index in [1.807, 2.05) is 24.3 Å². The van der Waals surface area contributed by atoms with E-state index in [-0.39, 0.29) is 12.3 Å². The van der Waals surface area contributed by atoms with Crippen molar-refractivity contribution in [1.82, 2.24) is 4.90 Å². The van der Waals surface area contributed by atoms with Gasteiger partial charge in [0.2, 0.25) is 5.91 Å². The highest BCUT2D eigenvalue weighted by Gasteiger charge is 2.24. The van der Waals surface area contributed by atoms with Crippen LogP contribution in [0, 0.1) is 0 Å². The zero-order valence-corrected chi connectivity index (χ0v) is 12.1. The van der Waals surface area contributed by atoms with Gasteiger partial charge in [-0.15, -0.1) is 0 Å². The van der Waals surface area contributed by atoms with Crippen molar-refractivity contribution in [2.75, 3.05) is 14.2 Å². The van der Waals surface area contributed by atoms with E-state index in [1.165, 1.54) is 11.9 Å². The molecular formula is C15H21NO4. The van der Waals surface area contributed by atoms with Crippen LogP contribution in [0.4, 0.5) is 0 Å². The molecule has 110 valence electrons. The van der Waals surface area contributed by atoms with Gasteiger partial charge in [-0.25, -0.2) is 4.79 Å². The predicted molar refractivity (Wildman–Crippen MR) is 75.8 cm³/mol. The van der Waals surface area contributed by atoms with Gasteiger partial charge in [-0.05, 0) is 30.5 Å². The second kappa shape index (κ2) is 7.53. The highest BCUT2D eigenvalue weighted by Crippen LogP contribution is 2.15. The molecule has 1 amide bonds. The maximum absolute atomic E-state index is 12.0. The SMILES string of the molecule is CCC(C(=O)O)N(C)C(=O)CCc1cccc(OC)c1. The van der Waals surface area contributed by atoms with Gasteiger partial charge in [-0.3, -0.25) is 4.79 Å². The van der Waals surface area contributed by atoms with Gasteiger partial charge in [0.1, 0.15) is 11.8 Å². The Labute approximate surface area is 119 Å². The number of aryl methyl sites for hydroxylation is 1. The Balaban J connectivity index is 2.60. The van der Waals surface area contributed by atoms with Crippen LogP contribution in [0.5, 0.6) is 5.75 Å². The summed E-state index contributed by atoms with van der Waals surface area (Å²) in [7, 11) is 3.13. The van der Waals surface area contributed by atoms with E-state index in [2.05, 4.69) is 0 Å². The number of hydrogen-bond acceptors (Lipinski definition) is 3. The summed E-state index contributed by atoms with van der Waals surface area (Å²) in [5, 5.41) is 9.04. The minimum absolute atomic E-state index is 0.165. The summed E-state index contributed by atoms with van der Waals surface area (Å²) < 4.78 is 5.12. The van der Waals surface area contributed by atoms with Crippen LogP contribution in [0.2, 0.25) is 0 Å². The molecule has 1 atom stereocenters. The van der Waals surface area contributed by atoms with Crippen LogP contribution in [0.1, 0.15) is 25.3 Å². The van der Waals surface area contributed by atoms with Crippen LogP contribution in [-0.2, 0) is 16.0 Å². The molecular weight excluding hydrogens is 258 g/mol. The number of hydrogen-bond donors (Lipinski definition) is 1. The van der Waals surface area contributed by atoms with E-state index in [0.717, 1.165) is 11.3 Å². The quantitative estimate of drug-likeness (QED) is 0.828. The molecule has 0 saturated heterocycles. The number of nitrogens with zero attached hydrogens (tertiary/aromatic N) is 1. The van der Waals surface area contributed by atoms with Gasteiger partial charge >= 0.3 is 5.97 Å². The standard InChI is InChI=1S/C15H21NO4/c1-4-13(15(18)19)16(2)14(17)9-8-11-6-5-7-12(10-11)20-3/h5-7,10,13H,4,8-9H2,1-3H3,(H,18,19). The van der Waals surface area contributed by atoms with Gasteiger partial charge in [-0.2, -0.15) is 0 Å². The normalized spacial score (nSPS) is 11.8. The van der Waals surface area contributed by atoms with Gasteiger partial charge in [0.05, 0.1) is 7.11 Å². The lowest BCUT2D eigenvalue weighted by Gasteiger charge is -2.23. The van der Waals surface area contributed by atoms with Crippen molar-refractivity contribution in [2.24, 2.45) is 0 Å². The highest BCUT2D eigenvalue weighted by molar-refractivity contribution is 5.83. The molecule has 20 heavy (non-hydrogen) atoms. The number of carboxylic acids is 1. The molecule has 1 aromatic rings. The zero-order valence-electron chi connectivity index (χ0n) is 12.1. The average molecular weight is 279 g/mol. The average Bonchev–Trinajstić information content (AvgIpc) is 2.45. The molecule has 1 aromatic carbocycles. The first kappa shape index (κ1) is 16.0. The van der Waals surface area contributed by atoms with E-state index in [1.54, 1.807) is 14.0 Å². The second-order valence-corrected chi connectivity index (χ2v) is 4.62. The van der Waals surface area contributed by atoms with Crippen molar-refractivity contribution in [3.8, 4) is 5.75 Å². The summed E-state index contributed by atoms with van der Waals surface area (Å²) >= 11 is 0. The molecule has 0 fully saturated rings. The van der Waals surface area contributed by atoms with E-state index >= 15 is 0 Å². The van der Waals surface area contributed by atoms with E-state index in [4.69, 9.17) is 9.84 Å². The largest absolute Gasteiger partial charge is 0.497 e. The Morgan fingerprint density at radius 1 is 1.40 bits per heavy atom. The number of likely N-dealkylation sites (N-methyl/N-ethyl adjacent to an activating group) is 1. The van der Waals surface area contributed by atoms with Crippen LogP contribution in [0.15, 0.2) is 24.3 Å². The molecule has 0 bridgehead atoms. The Hall–Kier alpha value is -2.04. The van der Waals surface area contributed by atoms with Gasteiger partial charge in [0, 0.05) is 13.5 Å². The maximum atomic E-state index is 12.0. The Morgan fingerprint density at radius 2 is 2.10 bits per heavy atom. The zero-order chi connectivity index (χ0) is 15.1. The minimum atomic E-state index is -0.968. The summed E-state index contributed by atoms with van der Waals surface area (Å²) in [5.74, 6) is -0.382. The number of aliphatic carboxylic acids is 1. The molecule has 0 aliphatic heterocycles. The van der Waals surface area contributed by atoms with Gasteiger partial charge in [0.25, 0.3) is 0 Å². The van der Waals surface area contributed by atoms with Crippen molar-refractivity contribution in [2.45, 2.75) is 32.2 Å². The fourth-order valence-corrected chi connectivity index (χ4v) is 2.04. The van der Waals surface area contributed by atoms with Crippen LogP contribution >= 0.6 is 0 Å². The van der Waals surface area contributed by atoms with Crippen LogP contribution < -0.4 is 4.74 Å². The number of ether oxygens (including phenoxy) is 1. The Morgan fingerprint density at radius 3 is 2.65 bits per heavy atom. The summed E-state index contributed by atoms with van der Waals surface area (Å²) in [6.07, 6.45) is 1.25. The van der Waals surface area contributed by atoms with Crippen LogP contribution in [0.3, 0.4) is 0 Å². The molecule has 0 aliphatic rings. The fourth-order valence-electron chi connectivity index (χ4n) is 2.04. The molecule has 1 unspecified atom stereocenters. The molecule has 5 heteroatoms. The van der Waals surface area contributed by atoms with E-state index in [9.17, 15) is 9.59 Å². The third-order valence-corrected chi connectivity index (χ3v) is 3.29. The first-order chi connectivity index (χ1) is 9.49. The molecule has 0 aliphatic carbocycles. The number of benzene rings is 1. The Bertz CT molecular complexity index is 473. The summed E-state index contributed by atoms with van der Waals surface area (Å²) in [6.45, 7) is 1.75. The molecule has 0 heterocycles. The summed E-state index contributed by atoms with van der Waals surface area (Å²) in [5.41, 5.74) is 0.995. The lowest BCUT2D eigenvalue weighted by Crippen LogP contribution is -2.42. The number of rotatable bonds is 7. The summed E-state index contributed by atoms with van der Waals surface area (Å²) in [6, 6.07) is 6.75. The fraction of sp³-hybridized carbons (Fsp3) is 0.467. The van der Waals surface area contributed by atoms with Crippen molar-refractivity contribution < 1.29 is 19.4 Å². The van der Waals surface area contributed by atoms with Crippen LogP contribution in [0.25, 0.3) is 0 Å². The van der Waals surface area contributed by atoms with E-state index < -0.39 is 12.0 Å². The minimum Gasteiger partial charge on any atom is -0.497 e. The third-order valence-electron chi connectivity index (χ3n) is 3.29. The van der Waals surface area contributed by atoms with Crippen molar-refractivity contribution in [1.29, 1.82) is 0 Å². The monoisotopic (exact) mass is 279 g/mol. The lowest BCUT2D eigenvalue weighted by atomic mass is 10.1. The number of carbonyl (C=O) groups excluding carboxylic acids is 1. The molecule has 0 radical (unpaired) electrons. The summed E-state index contributed by atoms with van der Waals surface area (Å²) in [4.78, 5) is 24.3.